The van der Waals surface area contributed by atoms with E-state index in [0.29, 0.717) is 11.3 Å². The van der Waals surface area contributed by atoms with Crippen LogP contribution in [0.5, 0.6) is 0 Å². The van der Waals surface area contributed by atoms with Gasteiger partial charge in [-0.25, -0.2) is 0 Å². The second kappa shape index (κ2) is 4.56. The topological polar surface area (TPSA) is 98.2 Å². The predicted molar refractivity (Wildman–Crippen MR) is 57.2 cm³/mol. The molecule has 0 aromatic heterocycles. The first-order valence-electron chi connectivity index (χ1n) is 4.47. The summed E-state index contributed by atoms with van der Waals surface area (Å²) in [7, 11) is 0. The highest BCUT2D eigenvalue weighted by Gasteiger charge is 2.08. The molecule has 1 rings (SSSR count). The van der Waals surface area contributed by atoms with Crippen molar-refractivity contribution in [2.75, 3.05) is 5.32 Å². The molecule has 0 aliphatic carbocycles. The first-order chi connectivity index (χ1) is 7.00. The van der Waals surface area contributed by atoms with Crippen LogP contribution in [0.2, 0.25) is 0 Å². The molecule has 0 aliphatic rings. The molecule has 0 bridgehead atoms. The summed E-state index contributed by atoms with van der Waals surface area (Å²) in [5, 5.41) is 2.56. The van der Waals surface area contributed by atoms with Gasteiger partial charge in [0.05, 0.1) is 6.04 Å². The minimum Gasteiger partial charge on any atom is -0.366 e. The van der Waals surface area contributed by atoms with Crippen molar-refractivity contribution in [1.82, 2.24) is 0 Å². The molecule has 5 N–H and O–H groups in total. The molecular formula is C10H13N3O2. The Morgan fingerprint density at radius 1 is 1.40 bits per heavy atom. The molecule has 1 aromatic carbocycles. The van der Waals surface area contributed by atoms with Crippen LogP contribution in [0.1, 0.15) is 17.3 Å². The SMILES string of the molecule is CC(N)C(=O)Nc1cccc(C(N)=O)c1. The van der Waals surface area contributed by atoms with E-state index < -0.39 is 11.9 Å². The largest absolute Gasteiger partial charge is 0.366 e. The summed E-state index contributed by atoms with van der Waals surface area (Å²) < 4.78 is 0. The number of carbonyl (C=O) groups is 2. The summed E-state index contributed by atoms with van der Waals surface area (Å²) in [4.78, 5) is 22.1. The Hall–Kier alpha value is -1.88. The van der Waals surface area contributed by atoms with E-state index >= 15 is 0 Å². The van der Waals surface area contributed by atoms with Crippen LogP contribution in [0.25, 0.3) is 0 Å². The number of hydrogen-bond donors (Lipinski definition) is 3. The van der Waals surface area contributed by atoms with Crippen LogP contribution in [-0.4, -0.2) is 17.9 Å². The van der Waals surface area contributed by atoms with Crippen LogP contribution in [-0.2, 0) is 4.79 Å². The zero-order chi connectivity index (χ0) is 11.4. The molecule has 1 aromatic rings. The normalized spacial score (nSPS) is 11.9. The molecule has 0 heterocycles. The van der Waals surface area contributed by atoms with Gasteiger partial charge >= 0.3 is 0 Å². The van der Waals surface area contributed by atoms with Gasteiger partial charge in [-0.15, -0.1) is 0 Å². The van der Waals surface area contributed by atoms with Crippen LogP contribution < -0.4 is 16.8 Å². The third kappa shape index (κ3) is 3.07. The Morgan fingerprint density at radius 2 is 2.07 bits per heavy atom. The Labute approximate surface area is 87.4 Å². The standard InChI is InChI=1S/C10H13N3O2/c1-6(11)10(15)13-8-4-2-3-7(5-8)9(12)14/h2-6H,11H2,1H3,(H2,12,14)(H,13,15). The number of nitrogens with two attached hydrogens (primary N) is 2. The van der Waals surface area contributed by atoms with Gasteiger partial charge in [0, 0.05) is 11.3 Å². The van der Waals surface area contributed by atoms with Crippen molar-refractivity contribution >= 4 is 17.5 Å². The number of rotatable bonds is 3. The molecule has 0 saturated heterocycles. The summed E-state index contributed by atoms with van der Waals surface area (Å²) in [5.41, 5.74) is 11.3. The predicted octanol–water partition coefficient (Wildman–Crippen LogP) is 0.0712. The first-order valence-corrected chi connectivity index (χ1v) is 4.47. The van der Waals surface area contributed by atoms with Gasteiger partial charge in [0.25, 0.3) is 0 Å². The Bertz CT molecular complexity index is 388. The molecule has 0 saturated carbocycles. The fraction of sp³-hybridized carbons (Fsp3) is 0.200. The minimum absolute atomic E-state index is 0.309. The van der Waals surface area contributed by atoms with E-state index in [-0.39, 0.29) is 5.91 Å². The minimum atomic E-state index is -0.595. The maximum absolute atomic E-state index is 11.2. The van der Waals surface area contributed by atoms with Gasteiger partial charge < -0.3 is 16.8 Å². The number of carbonyl (C=O) groups excluding carboxylic acids is 2. The highest BCUT2D eigenvalue weighted by Crippen LogP contribution is 2.10. The highest BCUT2D eigenvalue weighted by molar-refractivity contribution is 5.97. The van der Waals surface area contributed by atoms with Gasteiger partial charge in [0.15, 0.2) is 0 Å². The zero-order valence-electron chi connectivity index (χ0n) is 8.36. The molecule has 1 unspecified atom stereocenters. The average molecular weight is 207 g/mol. The molecule has 5 heteroatoms. The van der Waals surface area contributed by atoms with Crippen molar-refractivity contribution in [3.05, 3.63) is 29.8 Å². The maximum Gasteiger partial charge on any atom is 0.248 e. The summed E-state index contributed by atoms with van der Waals surface area (Å²) in [6.45, 7) is 1.58. The Balaban J connectivity index is 2.83. The third-order valence-electron chi connectivity index (χ3n) is 1.83. The fourth-order valence-electron chi connectivity index (χ4n) is 1.01. The molecular weight excluding hydrogens is 194 g/mol. The van der Waals surface area contributed by atoms with Gasteiger partial charge in [-0.3, -0.25) is 9.59 Å². The van der Waals surface area contributed by atoms with Crippen LogP contribution in [0, 0.1) is 0 Å². The molecule has 0 radical (unpaired) electrons. The maximum atomic E-state index is 11.2. The molecule has 2 amide bonds. The summed E-state index contributed by atoms with van der Waals surface area (Å²) >= 11 is 0. The number of anilines is 1. The average Bonchev–Trinajstić information content (AvgIpc) is 2.18. The number of benzene rings is 1. The second-order valence-corrected chi connectivity index (χ2v) is 3.22. The van der Waals surface area contributed by atoms with Crippen molar-refractivity contribution in [3.63, 3.8) is 0 Å². The van der Waals surface area contributed by atoms with Gasteiger partial charge in [0.2, 0.25) is 11.8 Å². The first kappa shape index (κ1) is 11.2. The van der Waals surface area contributed by atoms with Gasteiger partial charge in [-0.1, -0.05) is 6.07 Å². The Morgan fingerprint density at radius 3 is 2.60 bits per heavy atom. The van der Waals surface area contributed by atoms with Crippen molar-refractivity contribution in [3.8, 4) is 0 Å². The van der Waals surface area contributed by atoms with E-state index in [1.807, 2.05) is 0 Å². The summed E-state index contributed by atoms with van der Waals surface area (Å²) in [6, 6.07) is 5.78. The van der Waals surface area contributed by atoms with Gasteiger partial charge in [-0.2, -0.15) is 0 Å². The molecule has 0 aliphatic heterocycles. The number of hydrogen-bond acceptors (Lipinski definition) is 3. The van der Waals surface area contributed by atoms with E-state index in [9.17, 15) is 9.59 Å². The summed E-state index contributed by atoms with van der Waals surface area (Å²) in [6.07, 6.45) is 0. The second-order valence-electron chi connectivity index (χ2n) is 3.22. The quantitative estimate of drug-likeness (QED) is 0.654. The lowest BCUT2D eigenvalue weighted by Crippen LogP contribution is -2.32. The van der Waals surface area contributed by atoms with Gasteiger partial charge in [-0.05, 0) is 25.1 Å². The van der Waals surface area contributed by atoms with Crippen LogP contribution >= 0.6 is 0 Å². The van der Waals surface area contributed by atoms with Crippen LogP contribution in [0.3, 0.4) is 0 Å². The van der Waals surface area contributed by atoms with Crippen LogP contribution in [0.4, 0.5) is 5.69 Å². The third-order valence-corrected chi connectivity index (χ3v) is 1.83. The van der Waals surface area contributed by atoms with Crippen LogP contribution in [0.15, 0.2) is 24.3 Å². The number of amides is 2. The number of nitrogens with one attached hydrogen (secondary N) is 1. The van der Waals surface area contributed by atoms with Gasteiger partial charge in [0.1, 0.15) is 0 Å². The van der Waals surface area contributed by atoms with Crippen molar-refractivity contribution in [2.24, 2.45) is 11.5 Å². The molecule has 80 valence electrons. The Kier molecular flexibility index (Phi) is 3.41. The lowest BCUT2D eigenvalue weighted by molar-refractivity contribution is -0.117. The summed E-state index contributed by atoms with van der Waals surface area (Å²) in [5.74, 6) is -0.844. The highest BCUT2D eigenvalue weighted by atomic mass is 16.2. The lowest BCUT2D eigenvalue weighted by atomic mass is 10.2. The van der Waals surface area contributed by atoms with E-state index in [2.05, 4.69) is 5.32 Å². The zero-order valence-corrected chi connectivity index (χ0v) is 8.36. The molecule has 5 nitrogen and oxygen atoms in total. The van der Waals surface area contributed by atoms with E-state index in [1.54, 1.807) is 25.1 Å². The smallest absolute Gasteiger partial charge is 0.248 e. The van der Waals surface area contributed by atoms with Crippen molar-refractivity contribution in [2.45, 2.75) is 13.0 Å². The van der Waals surface area contributed by atoms with Crippen molar-refractivity contribution in [1.29, 1.82) is 0 Å². The number of primary amides is 1. The van der Waals surface area contributed by atoms with Crippen molar-refractivity contribution < 1.29 is 9.59 Å². The fourth-order valence-corrected chi connectivity index (χ4v) is 1.01. The molecule has 0 fully saturated rings. The monoisotopic (exact) mass is 207 g/mol. The van der Waals surface area contributed by atoms with E-state index in [0.717, 1.165) is 0 Å². The molecule has 1 atom stereocenters. The lowest BCUT2D eigenvalue weighted by Gasteiger charge is -2.08. The molecule has 15 heavy (non-hydrogen) atoms. The van der Waals surface area contributed by atoms with E-state index in [4.69, 9.17) is 11.5 Å². The van der Waals surface area contributed by atoms with E-state index in [1.165, 1.54) is 6.07 Å². The molecule has 0 spiro atoms.